The number of ether oxygens (including phenoxy) is 1. The van der Waals surface area contributed by atoms with Crippen LogP contribution in [0.2, 0.25) is 0 Å². The molecule has 0 aromatic carbocycles. The highest BCUT2D eigenvalue weighted by Crippen LogP contribution is 1.98. The summed E-state index contributed by atoms with van der Waals surface area (Å²) in [5.41, 5.74) is 0. The van der Waals surface area contributed by atoms with E-state index in [9.17, 15) is 0 Å². The molecule has 0 unspecified atom stereocenters. The monoisotopic (exact) mass is 115 g/mol. The van der Waals surface area contributed by atoms with Gasteiger partial charge in [0.05, 0.1) is 6.54 Å². The maximum Gasteiger partial charge on any atom is 0.132 e. The maximum atomic E-state index is 4.92. The van der Waals surface area contributed by atoms with E-state index in [1.165, 1.54) is 0 Å². The van der Waals surface area contributed by atoms with Crippen LogP contribution in [0, 0.1) is 0 Å². The van der Waals surface area contributed by atoms with Crippen molar-refractivity contribution < 1.29 is 9.57 Å². The molecule has 1 heterocycles. The summed E-state index contributed by atoms with van der Waals surface area (Å²) in [5.74, 6) is 0. The average Bonchev–Trinajstić information content (AvgIpc) is 2.19. The van der Waals surface area contributed by atoms with E-state index in [2.05, 4.69) is 0 Å². The van der Waals surface area contributed by atoms with Crippen LogP contribution in [0.1, 0.15) is 0 Å². The first-order valence-corrected chi connectivity index (χ1v) is 2.49. The Balaban J connectivity index is 2.10. The first-order chi connectivity index (χ1) is 3.93. The lowest BCUT2D eigenvalue weighted by molar-refractivity contribution is -0.137. The topological polar surface area (TPSA) is 21.7 Å². The van der Waals surface area contributed by atoms with Gasteiger partial charge in [-0.1, -0.05) is 0 Å². The van der Waals surface area contributed by atoms with Crippen molar-refractivity contribution in [1.29, 1.82) is 0 Å². The van der Waals surface area contributed by atoms with Crippen molar-refractivity contribution in [2.75, 3.05) is 20.4 Å². The standard InChI is InChI=1S/C5H9NO2/c1-7-5-6-3-2-4-8-6/h2,4H,3,5H2,1H3. The summed E-state index contributed by atoms with van der Waals surface area (Å²) in [4.78, 5) is 4.92. The highest BCUT2D eigenvalue weighted by molar-refractivity contribution is 4.80. The van der Waals surface area contributed by atoms with Gasteiger partial charge in [0, 0.05) is 7.11 Å². The highest BCUT2D eigenvalue weighted by Gasteiger charge is 2.04. The van der Waals surface area contributed by atoms with E-state index in [0.29, 0.717) is 6.73 Å². The van der Waals surface area contributed by atoms with Gasteiger partial charge in [0.2, 0.25) is 0 Å². The lowest BCUT2D eigenvalue weighted by Crippen LogP contribution is -2.20. The normalized spacial score (nSPS) is 19.1. The molecule has 0 aromatic heterocycles. The Labute approximate surface area is 48.4 Å². The van der Waals surface area contributed by atoms with Crippen molar-refractivity contribution in [1.82, 2.24) is 5.06 Å². The maximum absolute atomic E-state index is 4.92. The Kier molecular flexibility index (Phi) is 1.88. The van der Waals surface area contributed by atoms with Crippen LogP contribution in [0.25, 0.3) is 0 Å². The number of methoxy groups -OCH3 is 1. The molecule has 0 radical (unpaired) electrons. The summed E-state index contributed by atoms with van der Waals surface area (Å²) in [6.07, 6.45) is 3.58. The fourth-order valence-electron chi connectivity index (χ4n) is 0.560. The van der Waals surface area contributed by atoms with E-state index < -0.39 is 0 Å². The molecule has 0 fully saturated rings. The Hall–Kier alpha value is -0.540. The minimum absolute atomic E-state index is 0.535. The van der Waals surface area contributed by atoms with Crippen molar-refractivity contribution >= 4 is 0 Å². The number of hydroxylamine groups is 2. The first-order valence-electron chi connectivity index (χ1n) is 2.49. The molecule has 0 saturated heterocycles. The van der Waals surface area contributed by atoms with Gasteiger partial charge in [-0.15, -0.1) is 5.06 Å². The molecule has 0 saturated carbocycles. The van der Waals surface area contributed by atoms with Crippen LogP contribution in [-0.2, 0) is 9.57 Å². The molecule has 0 N–H and O–H groups in total. The Morgan fingerprint density at radius 3 is 3.25 bits per heavy atom. The van der Waals surface area contributed by atoms with Crippen LogP contribution in [0.15, 0.2) is 12.3 Å². The molecule has 0 atom stereocenters. The summed E-state index contributed by atoms with van der Waals surface area (Å²) >= 11 is 0. The number of hydrogen-bond donors (Lipinski definition) is 0. The van der Waals surface area contributed by atoms with Gasteiger partial charge in [0.15, 0.2) is 0 Å². The van der Waals surface area contributed by atoms with E-state index in [1.54, 1.807) is 18.4 Å². The quantitative estimate of drug-likeness (QED) is 0.518. The summed E-state index contributed by atoms with van der Waals surface area (Å²) in [7, 11) is 1.64. The molecule has 3 heteroatoms. The van der Waals surface area contributed by atoms with E-state index in [4.69, 9.17) is 9.57 Å². The van der Waals surface area contributed by atoms with E-state index in [0.717, 1.165) is 6.54 Å². The second kappa shape index (κ2) is 2.69. The van der Waals surface area contributed by atoms with Crippen LogP contribution < -0.4 is 0 Å². The Morgan fingerprint density at radius 1 is 1.88 bits per heavy atom. The van der Waals surface area contributed by atoms with Gasteiger partial charge in [0.25, 0.3) is 0 Å². The summed E-state index contributed by atoms with van der Waals surface area (Å²) < 4.78 is 4.79. The van der Waals surface area contributed by atoms with Crippen LogP contribution in [0.5, 0.6) is 0 Å². The fraction of sp³-hybridized carbons (Fsp3) is 0.600. The smallest absolute Gasteiger partial charge is 0.132 e. The number of rotatable bonds is 2. The molecule has 8 heavy (non-hydrogen) atoms. The van der Waals surface area contributed by atoms with Gasteiger partial charge >= 0.3 is 0 Å². The van der Waals surface area contributed by atoms with Crippen molar-refractivity contribution in [3.63, 3.8) is 0 Å². The molecule has 0 amide bonds. The molecular weight excluding hydrogens is 106 g/mol. The zero-order valence-electron chi connectivity index (χ0n) is 4.83. The summed E-state index contributed by atoms with van der Waals surface area (Å²) in [6, 6.07) is 0. The Morgan fingerprint density at radius 2 is 2.75 bits per heavy atom. The molecule has 1 aliphatic heterocycles. The van der Waals surface area contributed by atoms with Gasteiger partial charge in [-0.2, -0.15) is 0 Å². The van der Waals surface area contributed by atoms with Crippen molar-refractivity contribution in [2.24, 2.45) is 0 Å². The number of nitrogens with zero attached hydrogens (tertiary/aromatic N) is 1. The number of hydrogen-bond acceptors (Lipinski definition) is 3. The predicted molar refractivity (Wildman–Crippen MR) is 28.8 cm³/mol. The van der Waals surface area contributed by atoms with Gasteiger partial charge < -0.3 is 9.57 Å². The zero-order chi connectivity index (χ0) is 5.82. The predicted octanol–water partition coefficient (Wildman–Crippen LogP) is 0.351. The zero-order valence-corrected chi connectivity index (χ0v) is 4.83. The van der Waals surface area contributed by atoms with Crippen LogP contribution in [0.3, 0.4) is 0 Å². The lowest BCUT2D eigenvalue weighted by Gasteiger charge is -2.10. The van der Waals surface area contributed by atoms with Gasteiger partial charge in [-0.05, 0) is 6.08 Å². The first kappa shape index (κ1) is 5.59. The van der Waals surface area contributed by atoms with E-state index >= 15 is 0 Å². The average molecular weight is 115 g/mol. The van der Waals surface area contributed by atoms with Crippen LogP contribution >= 0.6 is 0 Å². The van der Waals surface area contributed by atoms with E-state index in [1.807, 2.05) is 6.08 Å². The summed E-state index contributed by atoms with van der Waals surface area (Å²) in [6.45, 7) is 1.36. The summed E-state index contributed by atoms with van der Waals surface area (Å²) in [5, 5.41) is 1.71. The molecule has 3 nitrogen and oxygen atoms in total. The van der Waals surface area contributed by atoms with Crippen molar-refractivity contribution in [3.05, 3.63) is 12.3 Å². The molecule has 0 aliphatic carbocycles. The fourth-order valence-corrected chi connectivity index (χ4v) is 0.560. The van der Waals surface area contributed by atoms with Gasteiger partial charge in [-0.25, -0.2) is 0 Å². The van der Waals surface area contributed by atoms with Crippen molar-refractivity contribution in [3.8, 4) is 0 Å². The Bertz CT molecular complexity index is 84.4. The molecule has 0 spiro atoms. The lowest BCUT2D eigenvalue weighted by atomic mass is 10.6. The highest BCUT2D eigenvalue weighted by atomic mass is 16.7. The van der Waals surface area contributed by atoms with E-state index in [-0.39, 0.29) is 0 Å². The second-order valence-electron chi connectivity index (χ2n) is 1.56. The molecule has 1 aliphatic rings. The molecule has 1 rings (SSSR count). The minimum atomic E-state index is 0.535. The van der Waals surface area contributed by atoms with Crippen LogP contribution in [-0.4, -0.2) is 25.4 Å². The largest absolute Gasteiger partial charge is 0.412 e. The third-order valence-corrected chi connectivity index (χ3v) is 0.888. The second-order valence-corrected chi connectivity index (χ2v) is 1.56. The van der Waals surface area contributed by atoms with Gasteiger partial charge in [-0.3, -0.25) is 0 Å². The third-order valence-electron chi connectivity index (χ3n) is 0.888. The molecule has 0 aromatic rings. The minimum Gasteiger partial charge on any atom is -0.412 e. The third kappa shape index (κ3) is 1.21. The van der Waals surface area contributed by atoms with Crippen LogP contribution in [0.4, 0.5) is 0 Å². The van der Waals surface area contributed by atoms with Gasteiger partial charge in [0.1, 0.15) is 13.0 Å². The molecule has 46 valence electrons. The van der Waals surface area contributed by atoms with Crippen molar-refractivity contribution in [2.45, 2.75) is 0 Å². The molecule has 0 bridgehead atoms. The SMILES string of the molecule is COCN1CC=CO1. The molecular formula is C5H9NO2.